The molecular formula is C18H29N3O2. The third-order valence-electron chi connectivity index (χ3n) is 4.00. The van der Waals surface area contributed by atoms with Crippen molar-refractivity contribution in [3.8, 4) is 0 Å². The zero-order chi connectivity index (χ0) is 16.5. The minimum atomic E-state index is -0.0748. The van der Waals surface area contributed by atoms with Crippen LogP contribution in [0, 0.1) is 0 Å². The van der Waals surface area contributed by atoms with Crippen LogP contribution in [0.15, 0.2) is 29.3 Å². The number of rotatable bonds is 7. The molecule has 1 aromatic rings. The summed E-state index contributed by atoms with van der Waals surface area (Å²) in [5, 5.41) is 6.69. The Morgan fingerprint density at radius 3 is 2.87 bits per heavy atom. The number of aliphatic imine (C=N–C) groups is 1. The Balaban J connectivity index is 1.93. The zero-order valence-electron chi connectivity index (χ0n) is 14.5. The van der Waals surface area contributed by atoms with E-state index in [9.17, 15) is 0 Å². The summed E-state index contributed by atoms with van der Waals surface area (Å²) in [7, 11) is 1.71. The molecule has 0 spiro atoms. The number of guanidine groups is 1. The molecule has 1 aliphatic heterocycles. The highest BCUT2D eigenvalue weighted by molar-refractivity contribution is 5.79. The third kappa shape index (κ3) is 5.84. The van der Waals surface area contributed by atoms with E-state index in [0.717, 1.165) is 38.5 Å². The van der Waals surface area contributed by atoms with Crippen molar-refractivity contribution in [3.63, 3.8) is 0 Å². The van der Waals surface area contributed by atoms with E-state index < -0.39 is 0 Å². The van der Waals surface area contributed by atoms with Gasteiger partial charge in [0.05, 0.1) is 18.8 Å². The average Bonchev–Trinajstić information content (AvgIpc) is 2.98. The summed E-state index contributed by atoms with van der Waals surface area (Å²) in [6.07, 6.45) is 2.23. The van der Waals surface area contributed by atoms with Crippen molar-refractivity contribution < 1.29 is 9.47 Å². The number of nitrogens with one attached hydrogen (secondary N) is 2. The van der Waals surface area contributed by atoms with Gasteiger partial charge in [-0.3, -0.25) is 0 Å². The predicted molar refractivity (Wildman–Crippen MR) is 93.6 cm³/mol. The van der Waals surface area contributed by atoms with Crippen LogP contribution in [0.3, 0.4) is 0 Å². The molecule has 1 aliphatic rings. The molecule has 0 aliphatic carbocycles. The van der Waals surface area contributed by atoms with Crippen molar-refractivity contribution in [1.82, 2.24) is 10.6 Å². The maximum atomic E-state index is 5.82. The second-order valence-electron chi connectivity index (χ2n) is 6.20. The van der Waals surface area contributed by atoms with E-state index in [0.29, 0.717) is 13.2 Å². The van der Waals surface area contributed by atoms with Gasteiger partial charge in [0.1, 0.15) is 0 Å². The molecule has 0 radical (unpaired) electrons. The fourth-order valence-corrected chi connectivity index (χ4v) is 2.74. The van der Waals surface area contributed by atoms with Crippen LogP contribution < -0.4 is 10.6 Å². The molecule has 1 fully saturated rings. The summed E-state index contributed by atoms with van der Waals surface area (Å²) < 4.78 is 11.0. The van der Waals surface area contributed by atoms with E-state index in [1.165, 1.54) is 11.1 Å². The molecule has 1 atom stereocenters. The maximum Gasteiger partial charge on any atom is 0.191 e. The first-order chi connectivity index (χ1) is 11.1. The van der Waals surface area contributed by atoms with Crippen molar-refractivity contribution >= 4 is 5.96 Å². The van der Waals surface area contributed by atoms with Gasteiger partial charge in [-0.25, -0.2) is 4.99 Å². The van der Waals surface area contributed by atoms with Crippen molar-refractivity contribution in [2.75, 3.05) is 26.8 Å². The van der Waals surface area contributed by atoms with Crippen LogP contribution in [-0.2, 0) is 22.6 Å². The van der Waals surface area contributed by atoms with Crippen LogP contribution in [0.2, 0.25) is 0 Å². The highest BCUT2D eigenvalue weighted by Gasteiger charge is 2.29. The monoisotopic (exact) mass is 319 g/mol. The molecule has 0 aromatic heterocycles. The SMILES string of the molecule is CCNC(=NCc1cccc(COC)c1)NCC1(C)CCCO1. The lowest BCUT2D eigenvalue weighted by atomic mass is 10.0. The standard InChI is InChI=1S/C18H29N3O2/c1-4-19-17(21-14-18(2)9-6-10-23-18)20-12-15-7-5-8-16(11-15)13-22-3/h5,7-8,11H,4,6,9-10,12-14H2,1-3H3,(H2,19,20,21). The highest BCUT2D eigenvalue weighted by atomic mass is 16.5. The molecule has 1 heterocycles. The Morgan fingerprint density at radius 2 is 2.17 bits per heavy atom. The van der Waals surface area contributed by atoms with E-state index in [1.807, 2.05) is 6.07 Å². The summed E-state index contributed by atoms with van der Waals surface area (Å²) in [6, 6.07) is 8.34. The number of hydrogen-bond donors (Lipinski definition) is 2. The van der Waals surface area contributed by atoms with E-state index in [4.69, 9.17) is 9.47 Å². The molecule has 1 aromatic carbocycles. The van der Waals surface area contributed by atoms with E-state index in [1.54, 1.807) is 7.11 Å². The molecule has 1 unspecified atom stereocenters. The summed E-state index contributed by atoms with van der Waals surface area (Å²) in [5.74, 6) is 0.835. The largest absolute Gasteiger partial charge is 0.380 e. The molecule has 23 heavy (non-hydrogen) atoms. The van der Waals surface area contributed by atoms with Crippen LogP contribution in [0.5, 0.6) is 0 Å². The average molecular weight is 319 g/mol. The first-order valence-electron chi connectivity index (χ1n) is 8.38. The van der Waals surface area contributed by atoms with Crippen molar-refractivity contribution in [3.05, 3.63) is 35.4 Å². The molecule has 0 amide bonds. The van der Waals surface area contributed by atoms with E-state index in [-0.39, 0.29) is 5.60 Å². The Labute approximate surface area is 139 Å². The van der Waals surface area contributed by atoms with Crippen LogP contribution in [-0.4, -0.2) is 38.4 Å². The molecule has 0 bridgehead atoms. The van der Waals surface area contributed by atoms with Gasteiger partial charge < -0.3 is 20.1 Å². The van der Waals surface area contributed by atoms with Crippen LogP contribution in [0.4, 0.5) is 0 Å². The molecule has 5 heteroatoms. The van der Waals surface area contributed by atoms with Gasteiger partial charge in [0, 0.05) is 26.8 Å². The Morgan fingerprint density at radius 1 is 1.35 bits per heavy atom. The quantitative estimate of drug-likeness (QED) is 0.599. The molecule has 1 saturated heterocycles. The summed E-state index contributed by atoms with van der Waals surface area (Å²) in [6.45, 7) is 7.98. The smallest absolute Gasteiger partial charge is 0.191 e. The van der Waals surface area contributed by atoms with E-state index in [2.05, 4.69) is 47.7 Å². The molecule has 0 saturated carbocycles. The van der Waals surface area contributed by atoms with Crippen LogP contribution in [0.25, 0.3) is 0 Å². The number of benzene rings is 1. The number of nitrogens with zero attached hydrogens (tertiary/aromatic N) is 1. The minimum absolute atomic E-state index is 0.0748. The highest BCUT2D eigenvalue weighted by Crippen LogP contribution is 2.23. The number of hydrogen-bond acceptors (Lipinski definition) is 3. The lowest BCUT2D eigenvalue weighted by molar-refractivity contribution is 0.0243. The first kappa shape index (κ1) is 17.8. The molecule has 128 valence electrons. The molecular weight excluding hydrogens is 290 g/mol. The topological polar surface area (TPSA) is 54.9 Å². The first-order valence-corrected chi connectivity index (χ1v) is 8.38. The van der Waals surface area contributed by atoms with Gasteiger partial charge in [-0.1, -0.05) is 24.3 Å². The van der Waals surface area contributed by atoms with Gasteiger partial charge in [0.15, 0.2) is 5.96 Å². The fourth-order valence-electron chi connectivity index (χ4n) is 2.74. The number of ether oxygens (including phenoxy) is 2. The Hall–Kier alpha value is -1.59. The minimum Gasteiger partial charge on any atom is -0.380 e. The van der Waals surface area contributed by atoms with Gasteiger partial charge in [-0.2, -0.15) is 0 Å². The summed E-state index contributed by atoms with van der Waals surface area (Å²) in [4.78, 5) is 4.68. The Kier molecular flexibility index (Phi) is 6.86. The summed E-state index contributed by atoms with van der Waals surface area (Å²) >= 11 is 0. The van der Waals surface area contributed by atoms with Crippen LogP contribution >= 0.6 is 0 Å². The maximum absolute atomic E-state index is 5.82. The predicted octanol–water partition coefficient (Wildman–Crippen LogP) is 2.46. The van der Waals surface area contributed by atoms with Gasteiger partial charge in [0.25, 0.3) is 0 Å². The van der Waals surface area contributed by atoms with Crippen molar-refractivity contribution in [2.24, 2.45) is 4.99 Å². The van der Waals surface area contributed by atoms with Crippen molar-refractivity contribution in [1.29, 1.82) is 0 Å². The summed E-state index contributed by atoms with van der Waals surface area (Å²) in [5.41, 5.74) is 2.28. The van der Waals surface area contributed by atoms with Crippen molar-refractivity contribution in [2.45, 2.75) is 45.4 Å². The van der Waals surface area contributed by atoms with Crippen LogP contribution in [0.1, 0.15) is 37.8 Å². The van der Waals surface area contributed by atoms with Gasteiger partial charge in [-0.15, -0.1) is 0 Å². The fraction of sp³-hybridized carbons (Fsp3) is 0.611. The molecule has 2 rings (SSSR count). The molecule has 5 nitrogen and oxygen atoms in total. The van der Waals surface area contributed by atoms with Gasteiger partial charge >= 0.3 is 0 Å². The number of methoxy groups -OCH3 is 1. The Bertz CT molecular complexity index is 511. The lowest BCUT2D eigenvalue weighted by Crippen LogP contribution is -2.45. The van der Waals surface area contributed by atoms with E-state index >= 15 is 0 Å². The lowest BCUT2D eigenvalue weighted by Gasteiger charge is -2.24. The second kappa shape index (κ2) is 8.89. The third-order valence-corrected chi connectivity index (χ3v) is 4.00. The second-order valence-corrected chi connectivity index (χ2v) is 6.20. The zero-order valence-corrected chi connectivity index (χ0v) is 14.5. The molecule has 2 N–H and O–H groups in total. The normalized spacial score (nSPS) is 21.4. The van der Waals surface area contributed by atoms with Gasteiger partial charge in [0.2, 0.25) is 0 Å². The van der Waals surface area contributed by atoms with Gasteiger partial charge in [-0.05, 0) is 37.8 Å².